The van der Waals surface area contributed by atoms with E-state index in [1.165, 1.54) is 51.4 Å². The molecule has 0 aromatic carbocycles. The first-order chi connectivity index (χ1) is 15.0. The van der Waals surface area contributed by atoms with E-state index in [1.807, 2.05) is 0 Å². The van der Waals surface area contributed by atoms with Gasteiger partial charge in [-0.1, -0.05) is 87.0 Å². The van der Waals surface area contributed by atoms with E-state index in [2.05, 4.69) is 48.5 Å². The lowest BCUT2D eigenvalue weighted by molar-refractivity contribution is -0.249. The topological polar surface area (TPSA) is 38.7 Å². The van der Waals surface area contributed by atoms with E-state index in [-0.39, 0.29) is 23.2 Å². The highest BCUT2D eigenvalue weighted by molar-refractivity contribution is 4.96. The van der Waals surface area contributed by atoms with Gasteiger partial charge in [-0.15, -0.1) is 0 Å². The predicted octanol–water partition coefficient (Wildman–Crippen LogP) is 7.46. The van der Waals surface area contributed by atoms with Crippen molar-refractivity contribution in [3.05, 3.63) is 0 Å². The van der Waals surface area contributed by atoms with Crippen LogP contribution in [0.25, 0.3) is 0 Å². The zero-order chi connectivity index (χ0) is 23.5. The second kappa shape index (κ2) is 11.1. The van der Waals surface area contributed by atoms with Crippen molar-refractivity contribution in [1.29, 1.82) is 0 Å². The molecule has 0 radical (unpaired) electrons. The molecule has 2 aliphatic carbocycles. The second-order valence-corrected chi connectivity index (χ2v) is 13.7. The van der Waals surface area contributed by atoms with E-state index >= 15 is 0 Å². The minimum atomic E-state index is -0.241. The van der Waals surface area contributed by atoms with Crippen molar-refractivity contribution in [2.24, 2.45) is 46.3 Å². The summed E-state index contributed by atoms with van der Waals surface area (Å²) in [6.45, 7) is 17.7. The number of ether oxygens (including phenoxy) is 2. The van der Waals surface area contributed by atoms with Crippen LogP contribution in [0, 0.1) is 46.3 Å². The summed E-state index contributed by atoms with van der Waals surface area (Å²) in [5, 5.41) is 11.2. The van der Waals surface area contributed by atoms with E-state index in [9.17, 15) is 5.11 Å². The summed E-state index contributed by atoms with van der Waals surface area (Å²) < 4.78 is 12.9. The Labute approximate surface area is 199 Å². The highest BCUT2D eigenvalue weighted by Crippen LogP contribution is 2.50. The molecular weight excluding hydrogens is 396 g/mol. The summed E-state index contributed by atoms with van der Waals surface area (Å²) in [6, 6.07) is 0. The van der Waals surface area contributed by atoms with Crippen molar-refractivity contribution in [2.75, 3.05) is 13.2 Å². The van der Waals surface area contributed by atoms with Gasteiger partial charge in [0.1, 0.15) is 0 Å². The van der Waals surface area contributed by atoms with E-state index in [0.29, 0.717) is 23.7 Å². The third kappa shape index (κ3) is 6.72. The second-order valence-electron chi connectivity index (χ2n) is 13.7. The molecule has 1 heterocycles. The minimum absolute atomic E-state index is 0.0844. The molecule has 1 saturated heterocycles. The predicted molar refractivity (Wildman–Crippen MR) is 133 cm³/mol. The number of hydrogen-bond acceptors (Lipinski definition) is 3. The number of rotatable bonds is 6. The smallest absolute Gasteiger partial charge is 0.160 e. The Bertz CT molecular complexity index is 520. The van der Waals surface area contributed by atoms with Crippen molar-refractivity contribution < 1.29 is 14.6 Å². The lowest BCUT2D eigenvalue weighted by Crippen LogP contribution is -2.51. The zero-order valence-electron chi connectivity index (χ0n) is 22.4. The van der Waals surface area contributed by atoms with Crippen LogP contribution in [0.5, 0.6) is 0 Å². The van der Waals surface area contributed by atoms with Crippen LogP contribution < -0.4 is 0 Å². The van der Waals surface area contributed by atoms with Gasteiger partial charge in [0.25, 0.3) is 0 Å². The van der Waals surface area contributed by atoms with E-state index in [4.69, 9.17) is 9.47 Å². The maximum absolute atomic E-state index is 11.2. The van der Waals surface area contributed by atoms with Crippen molar-refractivity contribution in [2.45, 2.75) is 125 Å². The Kier molecular flexibility index (Phi) is 9.17. The molecule has 3 heteroatoms. The van der Waals surface area contributed by atoms with Crippen LogP contribution in [-0.4, -0.2) is 30.7 Å². The molecule has 2 saturated carbocycles. The lowest BCUT2D eigenvalue weighted by atomic mass is 9.58. The fourth-order valence-corrected chi connectivity index (χ4v) is 6.97. The molecule has 1 aliphatic heterocycles. The van der Waals surface area contributed by atoms with Gasteiger partial charge in [0.2, 0.25) is 0 Å². The molecule has 0 spiro atoms. The molecule has 0 aromatic rings. The van der Waals surface area contributed by atoms with Gasteiger partial charge in [0, 0.05) is 11.8 Å². The normalized spacial score (nSPS) is 39.8. The first-order valence-corrected chi connectivity index (χ1v) is 13.9. The number of aliphatic hydroxyl groups is 1. The van der Waals surface area contributed by atoms with Crippen molar-refractivity contribution in [3.63, 3.8) is 0 Å². The highest BCUT2D eigenvalue weighted by Gasteiger charge is 2.48. The fourth-order valence-electron chi connectivity index (χ4n) is 6.97. The van der Waals surface area contributed by atoms with Gasteiger partial charge in [0.05, 0.1) is 19.3 Å². The molecule has 3 fully saturated rings. The summed E-state index contributed by atoms with van der Waals surface area (Å²) in [5.74, 6) is 3.30. The number of aliphatic hydroxyl groups excluding tert-OH is 1. The first-order valence-electron chi connectivity index (χ1n) is 13.9. The fraction of sp³-hybridized carbons (Fsp3) is 1.00. The van der Waals surface area contributed by atoms with E-state index in [0.717, 1.165) is 37.9 Å². The molecule has 0 amide bonds. The zero-order valence-corrected chi connectivity index (χ0v) is 22.4. The lowest BCUT2D eigenvalue weighted by Gasteiger charge is -2.51. The van der Waals surface area contributed by atoms with Crippen LogP contribution in [0.1, 0.15) is 113 Å². The molecule has 0 aromatic heterocycles. The Morgan fingerprint density at radius 2 is 1.25 bits per heavy atom. The Morgan fingerprint density at radius 1 is 0.719 bits per heavy atom. The van der Waals surface area contributed by atoms with Gasteiger partial charge in [-0.2, -0.15) is 0 Å². The third-order valence-corrected chi connectivity index (χ3v) is 9.27. The molecule has 3 nitrogen and oxygen atoms in total. The Morgan fingerprint density at radius 3 is 1.72 bits per heavy atom. The van der Waals surface area contributed by atoms with Gasteiger partial charge in [-0.05, 0) is 60.2 Å². The largest absolute Gasteiger partial charge is 0.393 e. The minimum Gasteiger partial charge on any atom is -0.393 e. The quantitative estimate of drug-likeness (QED) is 0.427. The monoisotopic (exact) mass is 450 g/mol. The van der Waals surface area contributed by atoms with E-state index in [1.54, 1.807) is 0 Å². The maximum atomic E-state index is 11.2. The summed E-state index contributed by atoms with van der Waals surface area (Å²) in [5.41, 5.74) is 0.184. The number of hydrogen-bond donors (Lipinski definition) is 1. The summed E-state index contributed by atoms with van der Waals surface area (Å²) >= 11 is 0. The SMILES string of the molecule is CCCCCC1CCC(C2COC(C3CC(C(C)(C)C)C(O)C(C(C)(C)C)C3)OC2)CC1. The molecule has 3 aliphatic rings. The van der Waals surface area contributed by atoms with Crippen molar-refractivity contribution in [3.8, 4) is 0 Å². The molecule has 3 rings (SSSR count). The van der Waals surface area contributed by atoms with Crippen LogP contribution in [0.3, 0.4) is 0 Å². The van der Waals surface area contributed by atoms with Gasteiger partial charge in [0.15, 0.2) is 6.29 Å². The maximum Gasteiger partial charge on any atom is 0.160 e. The third-order valence-electron chi connectivity index (χ3n) is 9.27. The van der Waals surface area contributed by atoms with Crippen LogP contribution in [0.15, 0.2) is 0 Å². The van der Waals surface area contributed by atoms with Crippen LogP contribution in [0.2, 0.25) is 0 Å². The molecule has 2 atom stereocenters. The average Bonchev–Trinajstić information content (AvgIpc) is 2.73. The Hall–Kier alpha value is -0.120. The summed E-state index contributed by atoms with van der Waals surface area (Å²) in [7, 11) is 0. The molecule has 188 valence electrons. The van der Waals surface area contributed by atoms with Crippen molar-refractivity contribution in [1.82, 2.24) is 0 Å². The molecular formula is C29H54O3. The highest BCUT2D eigenvalue weighted by atomic mass is 16.7. The van der Waals surface area contributed by atoms with E-state index < -0.39 is 0 Å². The molecule has 32 heavy (non-hydrogen) atoms. The standard InChI is InChI=1S/C29H54O3/c1-8-9-10-11-20-12-14-21(15-13-20)23-18-31-27(32-19-23)22-16-24(28(2,3)4)26(30)25(17-22)29(5,6)7/h20-27,30H,8-19H2,1-7H3. The van der Waals surface area contributed by atoms with Gasteiger partial charge in [-0.3, -0.25) is 0 Å². The van der Waals surface area contributed by atoms with Crippen LogP contribution in [-0.2, 0) is 9.47 Å². The summed E-state index contributed by atoms with van der Waals surface area (Å²) in [6.07, 6.45) is 12.8. The number of unbranched alkanes of at least 4 members (excludes halogenated alkanes) is 2. The van der Waals surface area contributed by atoms with Crippen LogP contribution >= 0.6 is 0 Å². The first kappa shape index (κ1) is 26.5. The Balaban J connectivity index is 1.52. The van der Waals surface area contributed by atoms with Gasteiger partial charge in [-0.25, -0.2) is 0 Å². The molecule has 1 N–H and O–H groups in total. The molecule has 0 bridgehead atoms. The van der Waals surface area contributed by atoms with Crippen molar-refractivity contribution >= 4 is 0 Å². The van der Waals surface area contributed by atoms with Gasteiger partial charge >= 0.3 is 0 Å². The van der Waals surface area contributed by atoms with Gasteiger partial charge < -0.3 is 14.6 Å². The van der Waals surface area contributed by atoms with Crippen LogP contribution in [0.4, 0.5) is 0 Å². The summed E-state index contributed by atoms with van der Waals surface area (Å²) in [4.78, 5) is 0. The molecule has 2 unspecified atom stereocenters. The average molecular weight is 451 g/mol.